The number of nitrogens with zero attached hydrogens (tertiary/aromatic N) is 1. The highest BCUT2D eigenvalue weighted by atomic mass is 16.6. The highest BCUT2D eigenvalue weighted by molar-refractivity contribution is 5.84. The summed E-state index contributed by atoms with van der Waals surface area (Å²) >= 11 is 0. The maximum Gasteiger partial charge on any atom is 0.413 e. The van der Waals surface area contributed by atoms with Crippen LogP contribution in [-0.4, -0.2) is 60.3 Å². The van der Waals surface area contributed by atoms with E-state index in [0.717, 1.165) is 22.3 Å². The second-order valence-electron chi connectivity index (χ2n) is 8.52. The normalized spacial score (nSPS) is 18.0. The van der Waals surface area contributed by atoms with Crippen LogP contribution < -0.4 is 0 Å². The van der Waals surface area contributed by atoms with Crippen LogP contribution in [0, 0.1) is 0 Å². The molecule has 7 heteroatoms. The van der Waals surface area contributed by atoms with Crippen LogP contribution in [0.3, 0.4) is 0 Å². The van der Waals surface area contributed by atoms with Crippen molar-refractivity contribution in [2.45, 2.75) is 37.8 Å². The molecular formula is C24H27NO6. The van der Waals surface area contributed by atoms with Crippen LogP contribution >= 0.6 is 0 Å². The van der Waals surface area contributed by atoms with Crippen LogP contribution in [0.4, 0.5) is 4.79 Å². The third kappa shape index (κ3) is 4.57. The Labute approximate surface area is 181 Å². The molecular weight excluding hydrogens is 398 g/mol. The highest BCUT2D eigenvalue weighted by Crippen LogP contribution is 2.44. The molecule has 0 aromatic heterocycles. The van der Waals surface area contributed by atoms with Crippen LogP contribution in [0.2, 0.25) is 0 Å². The molecule has 7 nitrogen and oxygen atoms in total. The van der Waals surface area contributed by atoms with Gasteiger partial charge in [-0.3, -0.25) is 4.90 Å². The minimum atomic E-state index is -0.858. The number of hydrogen-bond acceptors (Lipinski definition) is 6. The summed E-state index contributed by atoms with van der Waals surface area (Å²) in [6, 6.07) is 15.4. The Morgan fingerprint density at radius 1 is 1.10 bits per heavy atom. The second-order valence-corrected chi connectivity index (χ2v) is 8.52. The van der Waals surface area contributed by atoms with E-state index < -0.39 is 23.7 Å². The van der Waals surface area contributed by atoms with Gasteiger partial charge in [0.25, 0.3) is 0 Å². The van der Waals surface area contributed by atoms with E-state index in [1.165, 1.54) is 4.90 Å². The molecule has 1 aliphatic heterocycles. The maximum atomic E-state index is 12.7. The Kier molecular flexibility index (Phi) is 5.98. The molecule has 1 aliphatic carbocycles. The molecule has 0 spiro atoms. The van der Waals surface area contributed by atoms with E-state index in [2.05, 4.69) is 24.3 Å². The van der Waals surface area contributed by atoms with Crippen LogP contribution in [0.15, 0.2) is 48.5 Å². The summed E-state index contributed by atoms with van der Waals surface area (Å²) < 4.78 is 16.2. The zero-order valence-electron chi connectivity index (χ0n) is 17.7. The predicted molar refractivity (Wildman–Crippen MR) is 113 cm³/mol. The summed E-state index contributed by atoms with van der Waals surface area (Å²) in [5.74, 6) is -0.575. The van der Waals surface area contributed by atoms with E-state index in [0.29, 0.717) is 6.42 Å². The largest absolute Gasteiger partial charge is 0.448 e. The Morgan fingerprint density at radius 2 is 1.71 bits per heavy atom. The van der Waals surface area contributed by atoms with Gasteiger partial charge in [-0.25, -0.2) is 9.59 Å². The van der Waals surface area contributed by atoms with Crippen molar-refractivity contribution in [2.75, 3.05) is 26.6 Å². The second kappa shape index (κ2) is 8.69. The van der Waals surface area contributed by atoms with Gasteiger partial charge in [-0.15, -0.1) is 0 Å². The highest BCUT2D eigenvalue weighted by Gasteiger charge is 2.40. The number of ether oxygens (including phenoxy) is 3. The van der Waals surface area contributed by atoms with Crippen molar-refractivity contribution in [3.8, 4) is 11.1 Å². The molecule has 2 aromatic carbocycles. The summed E-state index contributed by atoms with van der Waals surface area (Å²) in [4.78, 5) is 26.1. The lowest BCUT2D eigenvalue weighted by molar-refractivity contribution is -0.140. The SMILES string of the molecule is CC(C)(O)CCOCC1C(=O)OCN1C(=O)OCC1c2ccccc2-c2ccccc21. The number of rotatable bonds is 7. The average molecular weight is 425 g/mol. The first-order valence-electron chi connectivity index (χ1n) is 10.4. The fraction of sp³-hybridized carbons (Fsp3) is 0.417. The summed E-state index contributed by atoms with van der Waals surface area (Å²) in [6.45, 7) is 3.65. The molecule has 0 radical (unpaired) electrons. The maximum absolute atomic E-state index is 12.7. The number of amides is 1. The number of carbonyl (C=O) groups excluding carboxylic acids is 2. The number of benzene rings is 2. The quantitative estimate of drug-likeness (QED) is 0.541. The van der Waals surface area contributed by atoms with E-state index in [1.54, 1.807) is 13.8 Å². The summed E-state index contributed by atoms with van der Waals surface area (Å²) in [7, 11) is 0. The average Bonchev–Trinajstić information content (AvgIpc) is 3.27. The minimum Gasteiger partial charge on any atom is -0.448 e. The molecule has 4 rings (SSSR count). The molecule has 1 unspecified atom stereocenters. The number of cyclic esters (lactones) is 1. The van der Waals surface area contributed by atoms with Crippen molar-refractivity contribution in [3.63, 3.8) is 0 Å². The van der Waals surface area contributed by atoms with Gasteiger partial charge in [0.1, 0.15) is 6.61 Å². The van der Waals surface area contributed by atoms with Gasteiger partial charge in [0.15, 0.2) is 12.8 Å². The predicted octanol–water partition coefficient (Wildman–Crippen LogP) is 3.30. The molecule has 1 amide bonds. The van der Waals surface area contributed by atoms with E-state index in [9.17, 15) is 14.7 Å². The van der Waals surface area contributed by atoms with Crippen molar-refractivity contribution in [1.82, 2.24) is 4.90 Å². The molecule has 2 aromatic rings. The van der Waals surface area contributed by atoms with Gasteiger partial charge in [0.05, 0.1) is 12.2 Å². The first-order chi connectivity index (χ1) is 14.8. The van der Waals surface area contributed by atoms with Crippen LogP contribution in [-0.2, 0) is 19.0 Å². The van der Waals surface area contributed by atoms with Crippen molar-refractivity contribution in [3.05, 3.63) is 59.7 Å². The van der Waals surface area contributed by atoms with Gasteiger partial charge in [-0.05, 0) is 42.5 Å². The summed E-state index contributed by atoms with van der Waals surface area (Å²) in [5.41, 5.74) is 3.69. The molecule has 1 heterocycles. The molecule has 2 aliphatic rings. The van der Waals surface area contributed by atoms with Crippen LogP contribution in [0.25, 0.3) is 11.1 Å². The van der Waals surface area contributed by atoms with Crippen molar-refractivity contribution in [1.29, 1.82) is 0 Å². The van der Waals surface area contributed by atoms with Crippen molar-refractivity contribution < 1.29 is 28.9 Å². The van der Waals surface area contributed by atoms with Gasteiger partial charge in [0, 0.05) is 12.5 Å². The Bertz CT molecular complexity index is 921. The molecule has 0 bridgehead atoms. The van der Waals surface area contributed by atoms with E-state index in [4.69, 9.17) is 14.2 Å². The lowest BCUT2D eigenvalue weighted by Crippen LogP contribution is -2.42. The van der Waals surface area contributed by atoms with E-state index in [-0.39, 0.29) is 32.5 Å². The molecule has 1 saturated heterocycles. The molecule has 1 atom stereocenters. The zero-order chi connectivity index (χ0) is 22.0. The van der Waals surface area contributed by atoms with Gasteiger partial charge < -0.3 is 19.3 Å². The molecule has 164 valence electrons. The Balaban J connectivity index is 1.39. The van der Waals surface area contributed by atoms with Gasteiger partial charge in [0.2, 0.25) is 0 Å². The standard InChI is InChI=1S/C24H27NO6/c1-24(2,28)11-12-29-14-21-22(26)31-15-25(21)23(27)30-13-20-18-9-5-3-7-16(18)17-8-4-6-10-19(17)20/h3-10,20-21,28H,11-15H2,1-2H3. The summed E-state index contributed by atoms with van der Waals surface area (Å²) in [5, 5.41) is 9.76. The molecule has 1 fully saturated rings. The molecule has 31 heavy (non-hydrogen) atoms. The third-order valence-corrected chi connectivity index (χ3v) is 5.70. The van der Waals surface area contributed by atoms with Gasteiger partial charge >= 0.3 is 12.1 Å². The molecule has 1 N–H and O–H groups in total. The third-order valence-electron chi connectivity index (χ3n) is 5.70. The first-order valence-corrected chi connectivity index (χ1v) is 10.4. The number of esters is 1. The number of hydrogen-bond donors (Lipinski definition) is 1. The van der Waals surface area contributed by atoms with Gasteiger partial charge in [-0.1, -0.05) is 48.5 Å². The van der Waals surface area contributed by atoms with Crippen molar-refractivity contribution in [2.24, 2.45) is 0 Å². The number of aliphatic hydroxyl groups is 1. The fourth-order valence-corrected chi connectivity index (χ4v) is 3.98. The lowest BCUT2D eigenvalue weighted by atomic mass is 9.98. The monoisotopic (exact) mass is 425 g/mol. The smallest absolute Gasteiger partial charge is 0.413 e. The first kappa shape index (κ1) is 21.3. The minimum absolute atomic E-state index is 0.000884. The van der Waals surface area contributed by atoms with Crippen LogP contribution in [0.1, 0.15) is 37.3 Å². The molecule has 0 saturated carbocycles. The number of fused-ring (bicyclic) bond motifs is 3. The fourth-order valence-electron chi connectivity index (χ4n) is 3.98. The summed E-state index contributed by atoms with van der Waals surface area (Å²) in [6.07, 6.45) is -0.191. The van der Waals surface area contributed by atoms with E-state index in [1.807, 2.05) is 24.3 Å². The number of carbonyl (C=O) groups is 2. The topological polar surface area (TPSA) is 85.3 Å². The van der Waals surface area contributed by atoms with E-state index >= 15 is 0 Å². The zero-order valence-corrected chi connectivity index (χ0v) is 17.7. The van der Waals surface area contributed by atoms with Crippen LogP contribution in [0.5, 0.6) is 0 Å². The lowest BCUT2D eigenvalue weighted by Gasteiger charge is -2.22. The Morgan fingerprint density at radius 3 is 2.32 bits per heavy atom. The Hall–Kier alpha value is -2.90. The van der Waals surface area contributed by atoms with Gasteiger partial charge in [-0.2, -0.15) is 0 Å². The van der Waals surface area contributed by atoms with Crippen molar-refractivity contribution >= 4 is 12.1 Å².